The molecule has 0 bridgehead atoms. The minimum Gasteiger partial charge on any atom is -0.850 e. The zero-order valence-electron chi connectivity index (χ0n) is 45.5. The van der Waals surface area contributed by atoms with Gasteiger partial charge in [-0.1, -0.05) is 120 Å². The first-order chi connectivity index (χ1) is 35.3. The van der Waals surface area contributed by atoms with Crippen LogP contribution in [0.1, 0.15) is 123 Å². The Hall–Kier alpha value is -3.21. The Morgan fingerprint density at radius 3 is 1.33 bits per heavy atom. The van der Waals surface area contributed by atoms with Gasteiger partial charge in [-0.25, -0.2) is 15.0 Å². The Morgan fingerprint density at radius 2 is 0.960 bits per heavy atom. The number of fused-ring (bicyclic) bond motifs is 2. The monoisotopic (exact) mass is 1090 g/mol. The van der Waals surface area contributed by atoms with Crippen molar-refractivity contribution in [3.63, 3.8) is 0 Å². The number of halogens is 3. The molecule has 3 saturated carbocycles. The van der Waals surface area contributed by atoms with Gasteiger partial charge in [0, 0.05) is 31.3 Å². The van der Waals surface area contributed by atoms with E-state index in [1.165, 1.54) is 55.1 Å². The van der Waals surface area contributed by atoms with Gasteiger partial charge in [-0.15, -0.1) is 5.60 Å². The molecule has 3 aromatic heterocycles. The van der Waals surface area contributed by atoms with Crippen LogP contribution in [0.4, 0.5) is 0 Å². The van der Waals surface area contributed by atoms with E-state index in [2.05, 4.69) is 94.3 Å². The normalized spacial score (nSPS) is 28.9. The molecule has 0 spiro atoms. The van der Waals surface area contributed by atoms with E-state index in [4.69, 9.17) is 44.3 Å². The molecule has 5 heterocycles. The number of ether oxygens (including phenoxy) is 2. The molecule has 75 heavy (non-hydrogen) atoms. The van der Waals surface area contributed by atoms with Crippen molar-refractivity contribution >= 4 is 34.8 Å². The largest absolute Gasteiger partial charge is 1.00 e. The van der Waals surface area contributed by atoms with Crippen LogP contribution in [0.5, 0.6) is 0 Å². The summed E-state index contributed by atoms with van der Waals surface area (Å²) in [5.74, 6) is 1.24. The molecular weight excluding hydrogens is 1020 g/mol. The maximum Gasteiger partial charge on any atom is 1.00 e. The quantitative estimate of drug-likeness (QED) is 0.0993. The molecular formula is C58H77Cl3N9NaO4. The third kappa shape index (κ3) is 13.0. The first-order valence-corrected chi connectivity index (χ1v) is 27.9. The first-order valence-electron chi connectivity index (χ1n) is 26.7. The van der Waals surface area contributed by atoms with Gasteiger partial charge in [-0.2, -0.15) is 15.3 Å². The molecule has 0 radical (unpaired) electrons. The second-order valence-electron chi connectivity index (χ2n) is 23.1. The minimum atomic E-state index is -0.774. The van der Waals surface area contributed by atoms with Gasteiger partial charge in [-0.05, 0) is 148 Å². The van der Waals surface area contributed by atoms with E-state index in [1.54, 1.807) is 57.1 Å². The fourth-order valence-corrected chi connectivity index (χ4v) is 13.8. The van der Waals surface area contributed by atoms with E-state index in [0.29, 0.717) is 23.8 Å². The number of nitrogens with zero attached hydrogens (tertiary/aromatic N) is 9. The molecule has 5 fully saturated rings. The third-order valence-electron chi connectivity index (χ3n) is 17.9. The zero-order chi connectivity index (χ0) is 52.8. The summed E-state index contributed by atoms with van der Waals surface area (Å²) >= 11 is 18.0. The smallest absolute Gasteiger partial charge is 0.850 e. The number of benzene rings is 3. The van der Waals surface area contributed by atoms with Crippen molar-refractivity contribution in [3.05, 3.63) is 143 Å². The molecule has 13 nitrogen and oxygen atoms in total. The summed E-state index contributed by atoms with van der Waals surface area (Å²) in [4.78, 5) is 12.2. The van der Waals surface area contributed by atoms with Crippen molar-refractivity contribution in [2.24, 2.45) is 34.0 Å². The van der Waals surface area contributed by atoms with Crippen LogP contribution in [0.3, 0.4) is 0 Å². The van der Waals surface area contributed by atoms with Gasteiger partial charge < -0.3 is 19.7 Å². The summed E-state index contributed by atoms with van der Waals surface area (Å²) in [6.07, 6.45) is 23.0. The standard InChI is InChI=1S/C19H26ClN3O.C18H22ClN3O.C17H20ClN3O.C4H9O.Na/c1-3-18(4-2)10-9-16(11-15-5-7-17(20)8-6-15)19(18,24)12-23-14-21-13-22-23;1-2-17-8-7-15(9-14-3-5-16(19)6-4-14)18(17,23-11-17)10-22-13-20-12-21-22;1-16-7-6-14(8-13-2-4-15(18)5-3-13)17(16,22-10-16)9-21-12-19-11-20-21;1-4(2,3)5;/h5-8,13-14,16,24H,3-4,9-12H2,1-2H3;3-6,12-13,15H,2,7-11H2,1H3;2-5,11-12,14H,6-10H2,1H3;1-3H3;/q;;;-1;+1. The van der Waals surface area contributed by atoms with E-state index in [1.807, 2.05) is 45.8 Å². The van der Waals surface area contributed by atoms with Crippen LogP contribution >= 0.6 is 34.8 Å². The van der Waals surface area contributed by atoms with Crippen LogP contribution in [0.2, 0.25) is 15.1 Å². The van der Waals surface area contributed by atoms with Gasteiger partial charge in [0.2, 0.25) is 0 Å². The Morgan fingerprint density at radius 1 is 0.573 bits per heavy atom. The summed E-state index contributed by atoms with van der Waals surface area (Å²) in [5, 5.41) is 37.1. The van der Waals surface area contributed by atoms with Gasteiger partial charge in [0.05, 0.1) is 49.7 Å². The van der Waals surface area contributed by atoms with Crippen LogP contribution in [0.25, 0.3) is 0 Å². The molecule has 1 N–H and O–H groups in total. The van der Waals surface area contributed by atoms with E-state index in [0.717, 1.165) is 86.3 Å². The molecule has 2 saturated heterocycles. The van der Waals surface area contributed by atoms with Crippen molar-refractivity contribution in [2.45, 2.75) is 168 Å². The third-order valence-corrected chi connectivity index (χ3v) is 18.6. The molecule has 8 unspecified atom stereocenters. The first kappa shape index (κ1) is 59.5. The topological polar surface area (TPSA) is 154 Å². The van der Waals surface area contributed by atoms with Gasteiger partial charge in [0.15, 0.2) is 0 Å². The number of aromatic nitrogens is 9. The number of hydrogen-bond acceptors (Lipinski definition) is 10. The molecule has 400 valence electrons. The predicted molar refractivity (Wildman–Crippen MR) is 290 cm³/mol. The van der Waals surface area contributed by atoms with Crippen molar-refractivity contribution in [1.82, 2.24) is 44.3 Å². The summed E-state index contributed by atoms with van der Waals surface area (Å²) in [5.41, 5.74) is 2.65. The Kier molecular flexibility index (Phi) is 19.7. The second-order valence-corrected chi connectivity index (χ2v) is 24.4. The molecule has 11 rings (SSSR count). The maximum atomic E-state index is 11.8. The fraction of sp³-hybridized carbons (Fsp3) is 0.586. The summed E-state index contributed by atoms with van der Waals surface area (Å²) in [6.45, 7) is 17.8. The van der Waals surface area contributed by atoms with Crippen molar-refractivity contribution in [1.29, 1.82) is 0 Å². The van der Waals surface area contributed by atoms with Crippen LogP contribution in [0.15, 0.2) is 111 Å². The average Bonchev–Trinajstić information content (AvgIpc) is 4.26. The van der Waals surface area contributed by atoms with Gasteiger partial charge in [-0.3, -0.25) is 14.0 Å². The van der Waals surface area contributed by atoms with Gasteiger partial charge in [0.1, 0.15) is 38.0 Å². The number of rotatable bonds is 15. The molecule has 5 aliphatic rings. The average molecular weight is 1090 g/mol. The summed E-state index contributed by atoms with van der Waals surface area (Å²) in [6, 6.07) is 24.4. The predicted octanol–water partition coefficient (Wildman–Crippen LogP) is 8.38. The van der Waals surface area contributed by atoms with Crippen LogP contribution < -0.4 is 34.7 Å². The van der Waals surface area contributed by atoms with Crippen molar-refractivity contribution < 1.29 is 49.2 Å². The molecule has 17 heteroatoms. The molecule has 6 aromatic rings. The minimum absolute atomic E-state index is 0. The molecule has 3 aromatic carbocycles. The van der Waals surface area contributed by atoms with E-state index in [-0.39, 0.29) is 57.5 Å². The van der Waals surface area contributed by atoms with Crippen LogP contribution in [-0.4, -0.2) is 85.0 Å². The van der Waals surface area contributed by atoms with E-state index in [9.17, 15) is 10.2 Å². The Labute approximate surface area is 482 Å². The molecule has 3 aliphatic carbocycles. The molecule has 0 amide bonds. The number of hydrogen-bond donors (Lipinski definition) is 1. The maximum absolute atomic E-state index is 11.8. The van der Waals surface area contributed by atoms with Gasteiger partial charge >= 0.3 is 29.6 Å². The Bertz CT molecular complexity index is 2650. The van der Waals surface area contributed by atoms with Crippen molar-refractivity contribution in [3.8, 4) is 0 Å². The molecule has 2 aliphatic heterocycles. The van der Waals surface area contributed by atoms with E-state index >= 15 is 0 Å². The molecule has 8 atom stereocenters. The summed E-state index contributed by atoms with van der Waals surface area (Å²) < 4.78 is 18.1. The zero-order valence-corrected chi connectivity index (χ0v) is 49.7. The fourth-order valence-electron chi connectivity index (χ4n) is 13.4. The number of aliphatic hydroxyl groups is 1. The van der Waals surface area contributed by atoms with E-state index < -0.39 is 11.2 Å². The van der Waals surface area contributed by atoms with Gasteiger partial charge in [0.25, 0.3) is 0 Å². The van der Waals surface area contributed by atoms with Crippen molar-refractivity contribution in [2.75, 3.05) is 13.2 Å². The van der Waals surface area contributed by atoms with Crippen LogP contribution in [-0.2, 0) is 48.4 Å². The second kappa shape index (κ2) is 24.9. The van der Waals surface area contributed by atoms with Crippen LogP contribution in [0, 0.1) is 34.0 Å². The summed E-state index contributed by atoms with van der Waals surface area (Å²) in [7, 11) is 0. The Balaban J connectivity index is 0.000000156. The SMILES string of the molecule is CC(C)(C)[O-].CC12CCC(Cc3ccc(Cl)cc3)C1(Cn1cncn1)OC2.CCC1(CC)CCC(Cc2ccc(Cl)cc2)C1(O)Cn1cncn1.CCC12CCC(Cc3ccc(Cl)cc3)C1(Cn1cncn1)OC2.[Na+].